The number of benzene rings is 1. The summed E-state index contributed by atoms with van der Waals surface area (Å²) in [6.45, 7) is 1.80. The number of ether oxygens (including phenoxy) is 2. The molecule has 0 unspecified atom stereocenters. The van der Waals surface area contributed by atoms with E-state index in [9.17, 15) is 14.0 Å². The Kier molecular flexibility index (Phi) is 9.50. The summed E-state index contributed by atoms with van der Waals surface area (Å²) < 4.78 is 25.3. The average molecular weight is 419 g/mol. The highest BCUT2D eigenvalue weighted by Crippen LogP contribution is 2.09. The van der Waals surface area contributed by atoms with Crippen molar-refractivity contribution in [2.75, 3.05) is 47.1 Å². The van der Waals surface area contributed by atoms with Gasteiger partial charge >= 0.3 is 0 Å². The molecule has 0 spiro atoms. The van der Waals surface area contributed by atoms with Crippen LogP contribution in [0.3, 0.4) is 0 Å². The number of halogens is 1. The van der Waals surface area contributed by atoms with Gasteiger partial charge in [0.1, 0.15) is 5.82 Å². The Balaban J connectivity index is 2.08. The molecular weight excluding hydrogens is 389 g/mol. The molecule has 0 aliphatic heterocycles. The van der Waals surface area contributed by atoms with Crippen molar-refractivity contribution in [3.05, 3.63) is 59.7 Å². The minimum absolute atomic E-state index is 0.0580. The van der Waals surface area contributed by atoms with E-state index >= 15 is 0 Å². The van der Waals surface area contributed by atoms with Crippen molar-refractivity contribution >= 4 is 11.8 Å². The molecule has 30 heavy (non-hydrogen) atoms. The van der Waals surface area contributed by atoms with Gasteiger partial charge in [-0.25, -0.2) is 4.39 Å². The summed E-state index contributed by atoms with van der Waals surface area (Å²) in [6, 6.07) is 9.66. The number of aromatic nitrogens is 1. The Labute approximate surface area is 177 Å². The lowest BCUT2D eigenvalue weighted by Crippen LogP contribution is -2.45. The van der Waals surface area contributed by atoms with Crippen molar-refractivity contribution in [3.8, 4) is 0 Å². The second-order valence-corrected chi connectivity index (χ2v) is 7.03. The van der Waals surface area contributed by atoms with Crippen LogP contribution in [0.4, 0.5) is 4.39 Å². The third-order valence-corrected chi connectivity index (χ3v) is 4.83. The number of carbonyl (C=O) groups excluding carboxylic acids is 2. The van der Waals surface area contributed by atoms with E-state index in [4.69, 9.17) is 9.47 Å². The lowest BCUT2D eigenvalue weighted by atomic mass is 10.1. The molecule has 0 saturated heterocycles. The molecule has 2 amide bonds. The highest BCUT2D eigenvalue weighted by molar-refractivity contribution is 5.86. The van der Waals surface area contributed by atoms with E-state index in [1.165, 1.54) is 17.0 Å². The Morgan fingerprint density at radius 3 is 2.17 bits per heavy atom. The molecule has 0 radical (unpaired) electrons. The summed E-state index contributed by atoms with van der Waals surface area (Å²) >= 11 is 0. The lowest BCUT2D eigenvalue weighted by Gasteiger charge is -2.28. The second kappa shape index (κ2) is 12.1. The Morgan fingerprint density at radius 1 is 0.967 bits per heavy atom. The van der Waals surface area contributed by atoms with Gasteiger partial charge in [0.25, 0.3) is 0 Å². The van der Waals surface area contributed by atoms with Gasteiger partial charge in [-0.2, -0.15) is 0 Å². The van der Waals surface area contributed by atoms with Crippen LogP contribution >= 0.6 is 0 Å². The average Bonchev–Trinajstić information content (AvgIpc) is 3.14. The second-order valence-electron chi connectivity index (χ2n) is 7.03. The van der Waals surface area contributed by atoms with E-state index in [1.54, 1.807) is 31.3 Å². The topological polar surface area (TPSA) is 64.0 Å². The number of carbonyl (C=O) groups is 2. The van der Waals surface area contributed by atoms with Gasteiger partial charge in [-0.15, -0.1) is 0 Å². The van der Waals surface area contributed by atoms with Crippen LogP contribution in [0, 0.1) is 5.82 Å². The van der Waals surface area contributed by atoms with E-state index in [2.05, 4.69) is 0 Å². The molecule has 0 N–H and O–H groups in total. The quantitative estimate of drug-likeness (QED) is 0.527. The Hall–Kier alpha value is -2.71. The molecule has 1 aromatic heterocycles. The molecule has 8 heteroatoms. The van der Waals surface area contributed by atoms with E-state index in [0.717, 1.165) is 5.69 Å². The molecule has 1 heterocycles. The first kappa shape index (κ1) is 23.6. The summed E-state index contributed by atoms with van der Waals surface area (Å²) in [7, 11) is 5.05. The van der Waals surface area contributed by atoms with Crippen LogP contribution in [0.25, 0.3) is 0 Å². The van der Waals surface area contributed by atoms with Crippen molar-refractivity contribution in [1.29, 1.82) is 0 Å². The molecule has 2 aromatic rings. The zero-order chi connectivity index (χ0) is 21.9. The smallest absolute Gasteiger partial charge is 0.242 e. The lowest BCUT2D eigenvalue weighted by molar-refractivity contribution is -0.141. The van der Waals surface area contributed by atoms with E-state index < -0.39 is 0 Å². The molecular formula is C22H30FN3O4. The normalized spacial score (nSPS) is 10.8. The summed E-state index contributed by atoms with van der Waals surface area (Å²) in [5, 5.41) is 0. The Morgan fingerprint density at radius 2 is 1.60 bits per heavy atom. The van der Waals surface area contributed by atoms with Crippen LogP contribution in [0.15, 0.2) is 42.6 Å². The minimum Gasteiger partial charge on any atom is -0.383 e. The van der Waals surface area contributed by atoms with Gasteiger partial charge in [0.15, 0.2) is 0 Å². The number of hydrogen-bond donors (Lipinski definition) is 0. The summed E-state index contributed by atoms with van der Waals surface area (Å²) in [5.74, 6) is -0.735. The summed E-state index contributed by atoms with van der Waals surface area (Å²) in [4.78, 5) is 29.0. The van der Waals surface area contributed by atoms with E-state index in [-0.39, 0.29) is 30.6 Å². The van der Waals surface area contributed by atoms with E-state index in [1.807, 2.05) is 29.9 Å². The Bertz CT molecular complexity index is 807. The van der Waals surface area contributed by atoms with Crippen LogP contribution in [-0.2, 0) is 39.1 Å². The minimum atomic E-state index is -0.355. The maximum atomic E-state index is 13.1. The molecule has 0 atom stereocenters. The number of nitrogens with zero attached hydrogens (tertiary/aromatic N) is 3. The fraction of sp³-hybridized carbons (Fsp3) is 0.455. The zero-order valence-electron chi connectivity index (χ0n) is 17.8. The maximum absolute atomic E-state index is 13.1. The predicted molar refractivity (Wildman–Crippen MR) is 111 cm³/mol. The van der Waals surface area contributed by atoms with Gasteiger partial charge in [-0.05, 0) is 29.8 Å². The van der Waals surface area contributed by atoms with Crippen molar-refractivity contribution in [2.24, 2.45) is 7.05 Å². The monoisotopic (exact) mass is 419 g/mol. The van der Waals surface area contributed by atoms with Crippen LogP contribution < -0.4 is 0 Å². The highest BCUT2D eigenvalue weighted by Gasteiger charge is 2.22. The standard InChI is InChI=1S/C22H30FN3O4/c1-24-10-4-5-20(24)16-25(11-13-29-2)22(28)17-26(12-14-30-3)21(27)15-18-6-8-19(23)9-7-18/h4-10H,11-17H2,1-3H3. The fourth-order valence-corrected chi connectivity index (χ4v) is 3.00. The number of hydrogen-bond acceptors (Lipinski definition) is 4. The molecule has 2 rings (SSSR count). The van der Waals surface area contributed by atoms with Gasteiger partial charge in [0.05, 0.1) is 32.7 Å². The van der Waals surface area contributed by atoms with Crippen molar-refractivity contribution < 1.29 is 23.5 Å². The number of rotatable bonds is 12. The van der Waals surface area contributed by atoms with Gasteiger partial charge in [0.2, 0.25) is 11.8 Å². The van der Waals surface area contributed by atoms with Crippen molar-refractivity contribution in [2.45, 2.75) is 13.0 Å². The first-order chi connectivity index (χ1) is 14.4. The molecule has 0 aliphatic rings. The molecule has 0 fully saturated rings. The first-order valence-corrected chi connectivity index (χ1v) is 9.82. The molecule has 164 valence electrons. The van der Waals surface area contributed by atoms with Crippen LogP contribution in [-0.4, -0.2) is 73.2 Å². The van der Waals surface area contributed by atoms with Crippen molar-refractivity contribution in [1.82, 2.24) is 14.4 Å². The molecule has 7 nitrogen and oxygen atoms in total. The maximum Gasteiger partial charge on any atom is 0.242 e. The van der Waals surface area contributed by atoms with Crippen LogP contribution in [0.5, 0.6) is 0 Å². The van der Waals surface area contributed by atoms with Gasteiger partial charge in [-0.3, -0.25) is 9.59 Å². The third-order valence-electron chi connectivity index (χ3n) is 4.83. The predicted octanol–water partition coefficient (Wildman–Crippen LogP) is 1.86. The molecule has 0 saturated carbocycles. The van der Waals surface area contributed by atoms with Crippen LogP contribution in [0.1, 0.15) is 11.3 Å². The molecule has 1 aromatic carbocycles. The highest BCUT2D eigenvalue weighted by atomic mass is 19.1. The largest absolute Gasteiger partial charge is 0.383 e. The molecule has 0 bridgehead atoms. The van der Waals surface area contributed by atoms with Gasteiger partial charge in [-0.1, -0.05) is 12.1 Å². The SMILES string of the molecule is COCCN(CC(=O)N(CCOC)Cc1cccn1C)C(=O)Cc1ccc(F)cc1. The van der Waals surface area contributed by atoms with Gasteiger partial charge < -0.3 is 23.8 Å². The van der Waals surface area contributed by atoms with Gasteiger partial charge in [0, 0.05) is 46.2 Å². The summed E-state index contributed by atoms with van der Waals surface area (Å²) in [6.07, 6.45) is 2.01. The first-order valence-electron chi connectivity index (χ1n) is 9.82. The van der Waals surface area contributed by atoms with E-state index in [0.29, 0.717) is 38.4 Å². The fourth-order valence-electron chi connectivity index (χ4n) is 3.00. The van der Waals surface area contributed by atoms with Crippen molar-refractivity contribution in [3.63, 3.8) is 0 Å². The number of amides is 2. The number of aryl methyl sites for hydroxylation is 1. The van der Waals surface area contributed by atoms with Crippen LogP contribution in [0.2, 0.25) is 0 Å². The molecule has 0 aliphatic carbocycles. The third kappa shape index (κ3) is 7.27. The number of methoxy groups -OCH3 is 2. The summed E-state index contributed by atoms with van der Waals surface area (Å²) in [5.41, 5.74) is 1.68. The zero-order valence-corrected chi connectivity index (χ0v) is 17.8.